The van der Waals surface area contributed by atoms with Gasteiger partial charge in [0.05, 0.1) is 38.1 Å². The summed E-state index contributed by atoms with van der Waals surface area (Å²) in [5.74, 6) is -1.59. The van der Waals surface area contributed by atoms with Crippen LogP contribution in [0.25, 0.3) is 0 Å². The quantitative estimate of drug-likeness (QED) is 0.0139. The summed E-state index contributed by atoms with van der Waals surface area (Å²) < 4.78 is 53.4. The lowest BCUT2D eigenvalue weighted by Gasteiger charge is -2.36. The molecule has 1 rings (SSSR count). The molecule has 2 unspecified atom stereocenters. The number of carbonyl (C=O) groups is 2. The van der Waals surface area contributed by atoms with Gasteiger partial charge in [0.15, 0.2) is 12.4 Å². The Hall–Kier alpha value is -1.56. The third-order valence-electron chi connectivity index (χ3n) is 10.1. The van der Waals surface area contributed by atoms with Crippen molar-refractivity contribution in [2.45, 2.75) is 198 Å². The Bertz CT molecular complexity index is 1290. The minimum Gasteiger partial charge on any atom is -0.462 e. The van der Waals surface area contributed by atoms with Gasteiger partial charge in [-0.1, -0.05) is 134 Å². The zero-order chi connectivity index (χ0) is 45.4. The largest absolute Gasteiger partial charge is 0.472 e. The number of esters is 2. The Balaban J connectivity index is 2.61. The van der Waals surface area contributed by atoms with Crippen molar-refractivity contribution in [3.63, 3.8) is 0 Å². The van der Waals surface area contributed by atoms with E-state index in [0.717, 1.165) is 44.9 Å². The van der Waals surface area contributed by atoms with Crippen LogP contribution in [-0.2, 0) is 46.5 Å². The van der Waals surface area contributed by atoms with E-state index in [0.29, 0.717) is 32.1 Å². The number of rotatable bonds is 38. The molecular weight excluding hydrogens is 838 g/mol. The molecule has 0 aromatic rings. The Labute approximate surface area is 363 Å². The van der Waals surface area contributed by atoms with Crippen molar-refractivity contribution in [1.82, 2.24) is 0 Å². The molecule has 358 valence electrons. The van der Waals surface area contributed by atoms with Crippen molar-refractivity contribution in [3.8, 4) is 0 Å². The van der Waals surface area contributed by atoms with Crippen LogP contribution >= 0.6 is 15.6 Å². The molecule has 7 N–H and O–H groups in total. The maximum atomic E-state index is 12.8. The molecule has 0 radical (unpaired) electrons. The summed E-state index contributed by atoms with van der Waals surface area (Å²) in [6.07, 6.45) is 20.7. The highest BCUT2D eigenvalue weighted by Gasteiger charge is 2.35. The third kappa shape index (κ3) is 32.7. The van der Waals surface area contributed by atoms with Gasteiger partial charge in [-0.25, -0.2) is 9.13 Å². The van der Waals surface area contributed by atoms with Crippen molar-refractivity contribution in [2.75, 3.05) is 26.4 Å². The third-order valence-corrected chi connectivity index (χ3v) is 11.6. The number of phosphoric acid groups is 2. The maximum absolute atomic E-state index is 12.8. The van der Waals surface area contributed by atoms with E-state index >= 15 is 0 Å². The first-order chi connectivity index (χ1) is 29.0. The van der Waals surface area contributed by atoms with Crippen LogP contribution in [0.3, 0.4) is 0 Å². The number of aliphatic hydroxyl groups excluding tert-OH is 4. The molecule has 1 saturated heterocycles. The minimum atomic E-state index is -4.90. The number of hydrogen-bond acceptors (Lipinski definition) is 14. The van der Waals surface area contributed by atoms with E-state index in [1.165, 1.54) is 51.4 Å². The summed E-state index contributed by atoms with van der Waals surface area (Å²) >= 11 is 0. The molecule has 0 aromatic carbocycles. The average molecular weight is 917 g/mol. The van der Waals surface area contributed by atoms with Gasteiger partial charge in [0.2, 0.25) is 0 Å². The molecule has 8 atom stereocenters. The summed E-state index contributed by atoms with van der Waals surface area (Å²) in [6, 6.07) is 0. The van der Waals surface area contributed by atoms with Gasteiger partial charge in [0, 0.05) is 25.2 Å². The molecular formula is C42H78O17P2. The van der Waals surface area contributed by atoms with Crippen LogP contribution in [0, 0.1) is 5.92 Å². The highest BCUT2D eigenvalue weighted by Crippen LogP contribution is 2.44. The molecule has 0 bridgehead atoms. The van der Waals surface area contributed by atoms with Gasteiger partial charge in [0.1, 0.15) is 12.7 Å². The Morgan fingerprint density at radius 3 is 1.89 bits per heavy atom. The lowest BCUT2D eigenvalue weighted by atomic mass is 9.87. The smallest absolute Gasteiger partial charge is 0.462 e. The molecule has 0 aliphatic carbocycles. The van der Waals surface area contributed by atoms with Crippen molar-refractivity contribution in [2.24, 2.45) is 5.92 Å². The predicted molar refractivity (Wildman–Crippen MR) is 229 cm³/mol. The van der Waals surface area contributed by atoms with Crippen LogP contribution in [-0.4, -0.2) is 110 Å². The van der Waals surface area contributed by atoms with Crippen LogP contribution in [0.5, 0.6) is 0 Å². The zero-order valence-corrected chi connectivity index (χ0v) is 38.3. The van der Waals surface area contributed by atoms with E-state index in [1.54, 1.807) is 12.2 Å². The van der Waals surface area contributed by atoms with E-state index < -0.39 is 90.8 Å². The van der Waals surface area contributed by atoms with Gasteiger partial charge < -0.3 is 49.3 Å². The fraction of sp³-hybridized carbons (Fsp3) is 0.857. The fourth-order valence-corrected chi connectivity index (χ4v) is 7.78. The molecule has 0 aromatic heterocycles. The molecule has 17 nitrogen and oxygen atoms in total. The molecule has 1 heterocycles. The molecule has 1 fully saturated rings. The number of allylic oxidation sites excluding steroid dienone is 2. The van der Waals surface area contributed by atoms with Gasteiger partial charge >= 0.3 is 27.6 Å². The van der Waals surface area contributed by atoms with Crippen LogP contribution in [0.2, 0.25) is 0 Å². The maximum Gasteiger partial charge on any atom is 0.472 e. The second kappa shape index (κ2) is 34.8. The average Bonchev–Trinajstić information content (AvgIpc) is 3.20. The molecule has 0 spiro atoms. The Morgan fingerprint density at radius 2 is 1.26 bits per heavy atom. The van der Waals surface area contributed by atoms with Gasteiger partial charge in [0.25, 0.3) is 0 Å². The van der Waals surface area contributed by atoms with Gasteiger partial charge in [-0.05, 0) is 32.1 Å². The number of unbranched alkanes of at least 4 members (excludes halogenated alkanes) is 15. The number of ether oxygens (including phenoxy) is 3. The topological polar surface area (TPSA) is 265 Å². The summed E-state index contributed by atoms with van der Waals surface area (Å²) in [5.41, 5.74) is 0. The number of carbonyl (C=O) groups excluding carboxylic acids is 2. The van der Waals surface area contributed by atoms with Crippen LogP contribution < -0.4 is 0 Å². The SMILES string of the molecule is CCCCCCCCCCCCCCCC(=O)OC[C@H](COP(=O)(O)OC[C@@H](O)COP(=O)(O)O)OC(=O)CCC/C=C\C[C@H]1[C@@H](O)CC(O)O[C@@H]1/C=C/[C@@H](O)CCCCC. The first-order valence-corrected chi connectivity index (χ1v) is 25.5. The molecule has 61 heavy (non-hydrogen) atoms. The van der Waals surface area contributed by atoms with Crippen LogP contribution in [0.15, 0.2) is 24.3 Å². The van der Waals surface area contributed by atoms with E-state index in [-0.39, 0.29) is 25.2 Å². The summed E-state index contributed by atoms with van der Waals surface area (Å²) in [7, 11) is -9.78. The zero-order valence-electron chi connectivity index (χ0n) is 36.6. The van der Waals surface area contributed by atoms with Crippen molar-refractivity contribution < 1.29 is 81.6 Å². The van der Waals surface area contributed by atoms with Crippen molar-refractivity contribution in [1.29, 1.82) is 0 Å². The molecule has 19 heteroatoms. The summed E-state index contributed by atoms with van der Waals surface area (Å²) in [5, 5.41) is 40.7. The standard InChI is InChI=1S/C42H78O17P2/c1-3-5-7-8-9-10-11-12-13-14-15-16-21-25-40(46)54-32-36(33-57-61(52,53)56-31-35(44)30-55-60(49,50)51)58-41(47)26-22-18-17-20-24-37-38(45)29-42(48)59-39(37)28-27-34(43)23-19-6-4-2/h17,20,27-28,34-39,42-45,48H,3-16,18-19,21-26,29-33H2,1-2H3,(H,52,53)(H2,49,50,51)/b20-17-,28-27+/t34-,35-,36+,37-,38-,39+,42?/m0/s1. The first kappa shape index (κ1) is 57.5. The fourth-order valence-electron chi connectivity index (χ4n) is 6.62. The highest BCUT2D eigenvalue weighted by atomic mass is 31.2. The van der Waals surface area contributed by atoms with Gasteiger partial charge in [-0.2, -0.15) is 0 Å². The monoisotopic (exact) mass is 916 g/mol. The van der Waals surface area contributed by atoms with E-state index in [4.69, 9.17) is 28.5 Å². The van der Waals surface area contributed by atoms with Crippen molar-refractivity contribution >= 4 is 27.6 Å². The Morgan fingerprint density at radius 1 is 0.705 bits per heavy atom. The van der Waals surface area contributed by atoms with E-state index in [1.807, 2.05) is 12.2 Å². The number of hydrogen-bond donors (Lipinski definition) is 7. The normalized spacial score (nSPS) is 21.1. The number of aliphatic hydroxyl groups is 4. The van der Waals surface area contributed by atoms with Crippen LogP contribution in [0.4, 0.5) is 0 Å². The van der Waals surface area contributed by atoms with Crippen molar-refractivity contribution in [3.05, 3.63) is 24.3 Å². The lowest BCUT2D eigenvalue weighted by Crippen LogP contribution is -2.43. The molecule has 0 saturated carbocycles. The van der Waals surface area contributed by atoms with Gasteiger partial charge in [-0.15, -0.1) is 0 Å². The summed E-state index contributed by atoms with van der Waals surface area (Å²) in [4.78, 5) is 52.9. The van der Waals surface area contributed by atoms with Gasteiger partial charge in [-0.3, -0.25) is 23.2 Å². The summed E-state index contributed by atoms with van der Waals surface area (Å²) in [6.45, 7) is 1.34. The highest BCUT2D eigenvalue weighted by molar-refractivity contribution is 7.47. The predicted octanol–water partition coefficient (Wildman–Crippen LogP) is 7.22. The minimum absolute atomic E-state index is 0.0571. The lowest BCUT2D eigenvalue weighted by molar-refractivity contribution is -0.199. The second-order valence-corrected chi connectivity index (χ2v) is 18.6. The first-order valence-electron chi connectivity index (χ1n) is 22.4. The van der Waals surface area contributed by atoms with E-state index in [9.17, 15) is 44.0 Å². The molecule has 1 aliphatic rings. The number of phosphoric ester groups is 2. The van der Waals surface area contributed by atoms with E-state index in [2.05, 4.69) is 22.9 Å². The Kier molecular flexibility index (Phi) is 32.8. The second-order valence-electron chi connectivity index (χ2n) is 15.9. The molecule has 0 amide bonds. The molecule has 1 aliphatic heterocycles. The van der Waals surface area contributed by atoms with Crippen LogP contribution in [0.1, 0.15) is 162 Å².